The highest BCUT2D eigenvalue weighted by atomic mass is 16.5. The lowest BCUT2D eigenvalue weighted by molar-refractivity contribution is -0.145. The van der Waals surface area contributed by atoms with Gasteiger partial charge in [0.1, 0.15) is 0 Å². The molecule has 18 heavy (non-hydrogen) atoms. The molecule has 0 aromatic heterocycles. The molecule has 0 bridgehead atoms. The van der Waals surface area contributed by atoms with Crippen molar-refractivity contribution < 1.29 is 14.3 Å². The second kappa shape index (κ2) is 5.15. The van der Waals surface area contributed by atoms with Crippen LogP contribution in [0.5, 0.6) is 0 Å². The van der Waals surface area contributed by atoms with Gasteiger partial charge in [-0.05, 0) is 19.9 Å². The summed E-state index contributed by atoms with van der Waals surface area (Å²) in [4.78, 5) is 16.7. The smallest absolute Gasteiger partial charge is 0.228 e. The van der Waals surface area contributed by atoms with Gasteiger partial charge in [-0.25, -0.2) is 0 Å². The van der Waals surface area contributed by atoms with Crippen LogP contribution in [0.2, 0.25) is 0 Å². The molecule has 1 amide bonds. The fourth-order valence-corrected chi connectivity index (χ4v) is 3.23. The minimum absolute atomic E-state index is 0.0939. The molecule has 0 aromatic carbocycles. The van der Waals surface area contributed by atoms with Crippen LogP contribution < -0.4 is 0 Å². The molecule has 5 nitrogen and oxygen atoms in total. The largest absolute Gasteiger partial charge is 0.381 e. The molecule has 0 aromatic rings. The van der Waals surface area contributed by atoms with Gasteiger partial charge in [-0.1, -0.05) is 0 Å². The minimum Gasteiger partial charge on any atom is -0.381 e. The predicted molar refractivity (Wildman–Crippen MR) is 66.3 cm³/mol. The highest BCUT2D eigenvalue weighted by molar-refractivity contribution is 5.79. The van der Waals surface area contributed by atoms with Crippen LogP contribution in [0.15, 0.2) is 0 Å². The Morgan fingerprint density at radius 1 is 1.22 bits per heavy atom. The van der Waals surface area contributed by atoms with Crippen LogP contribution in [0.3, 0.4) is 0 Å². The minimum atomic E-state index is 0.0939. The van der Waals surface area contributed by atoms with Crippen LogP contribution in [0.25, 0.3) is 0 Å². The Balaban J connectivity index is 1.63. The summed E-state index contributed by atoms with van der Waals surface area (Å²) in [6, 6.07) is 0.374. The second-order valence-electron chi connectivity index (χ2n) is 5.59. The Bertz CT molecular complexity index is 317. The molecule has 3 heterocycles. The van der Waals surface area contributed by atoms with Gasteiger partial charge < -0.3 is 14.4 Å². The third-order valence-corrected chi connectivity index (χ3v) is 4.45. The van der Waals surface area contributed by atoms with E-state index in [0.29, 0.717) is 18.8 Å². The molecule has 0 N–H and O–H groups in total. The molecule has 1 unspecified atom stereocenters. The van der Waals surface area contributed by atoms with Crippen LogP contribution in [0.4, 0.5) is 0 Å². The van der Waals surface area contributed by atoms with E-state index in [4.69, 9.17) is 9.47 Å². The molecular formula is C13H22N2O3. The monoisotopic (exact) mass is 254 g/mol. The van der Waals surface area contributed by atoms with Gasteiger partial charge in [0.15, 0.2) is 0 Å². The SMILES string of the molecule is CN1CCO[C@@H]2CCN(C(=O)C3CCOC3)C[C@H]21. The van der Waals surface area contributed by atoms with Crippen LogP contribution in [-0.4, -0.2) is 74.4 Å². The van der Waals surface area contributed by atoms with Gasteiger partial charge >= 0.3 is 0 Å². The van der Waals surface area contributed by atoms with Gasteiger partial charge in [0.25, 0.3) is 0 Å². The second-order valence-corrected chi connectivity index (χ2v) is 5.59. The summed E-state index contributed by atoms with van der Waals surface area (Å²) < 4.78 is 11.1. The summed E-state index contributed by atoms with van der Waals surface area (Å²) in [5, 5.41) is 0. The van der Waals surface area contributed by atoms with Crippen LogP contribution >= 0.6 is 0 Å². The van der Waals surface area contributed by atoms with E-state index >= 15 is 0 Å². The predicted octanol–water partition coefficient (Wildman–Crippen LogP) is -0.0456. The van der Waals surface area contributed by atoms with Crippen molar-refractivity contribution >= 4 is 5.91 Å². The van der Waals surface area contributed by atoms with Crippen molar-refractivity contribution in [3.63, 3.8) is 0 Å². The number of carbonyl (C=O) groups excluding carboxylic acids is 1. The average molecular weight is 254 g/mol. The van der Waals surface area contributed by atoms with Crippen LogP contribution in [-0.2, 0) is 14.3 Å². The maximum Gasteiger partial charge on any atom is 0.228 e. The first-order chi connectivity index (χ1) is 8.75. The molecule has 3 aliphatic rings. The number of ether oxygens (including phenoxy) is 2. The lowest BCUT2D eigenvalue weighted by atomic mass is 9.97. The number of hydrogen-bond donors (Lipinski definition) is 0. The molecule has 102 valence electrons. The maximum absolute atomic E-state index is 12.4. The van der Waals surface area contributed by atoms with Gasteiger partial charge in [0.05, 0.1) is 31.3 Å². The van der Waals surface area contributed by atoms with Gasteiger partial charge in [-0.3, -0.25) is 9.69 Å². The lowest BCUT2D eigenvalue weighted by Crippen LogP contribution is -2.60. The first kappa shape index (κ1) is 12.4. The number of rotatable bonds is 1. The summed E-state index contributed by atoms with van der Waals surface area (Å²) in [6.45, 7) is 4.79. The Morgan fingerprint density at radius 2 is 2.11 bits per heavy atom. The molecule has 3 rings (SSSR count). The van der Waals surface area contributed by atoms with Crippen molar-refractivity contribution in [3.05, 3.63) is 0 Å². The molecule has 0 spiro atoms. The molecule has 0 aliphatic carbocycles. The fraction of sp³-hybridized carbons (Fsp3) is 0.923. The number of carbonyl (C=O) groups is 1. The van der Waals surface area contributed by atoms with Gasteiger partial charge in [0.2, 0.25) is 5.91 Å². The van der Waals surface area contributed by atoms with E-state index in [9.17, 15) is 4.79 Å². The Morgan fingerprint density at radius 3 is 2.89 bits per heavy atom. The summed E-state index contributed by atoms with van der Waals surface area (Å²) >= 11 is 0. The summed E-state index contributed by atoms with van der Waals surface area (Å²) in [6.07, 6.45) is 2.16. The van der Waals surface area contributed by atoms with Crippen molar-refractivity contribution in [1.82, 2.24) is 9.80 Å². The number of likely N-dealkylation sites (tertiary alicyclic amines) is 1. The normalized spacial score (nSPS) is 37.6. The fourth-order valence-electron chi connectivity index (χ4n) is 3.23. The zero-order valence-electron chi connectivity index (χ0n) is 11.0. The number of fused-ring (bicyclic) bond motifs is 1. The van der Waals surface area contributed by atoms with Crippen LogP contribution in [0, 0.1) is 5.92 Å². The van der Waals surface area contributed by atoms with E-state index in [0.717, 1.165) is 45.7 Å². The summed E-state index contributed by atoms with van der Waals surface area (Å²) in [5.74, 6) is 0.376. The quantitative estimate of drug-likeness (QED) is 0.658. The standard InChI is InChI=1S/C13H22N2O3/c1-14-5-7-18-12-2-4-15(8-11(12)14)13(16)10-3-6-17-9-10/h10-12H,2-9H2,1H3/t10?,11-,12-/m1/s1. The van der Waals surface area contributed by atoms with Crippen molar-refractivity contribution in [3.8, 4) is 0 Å². The average Bonchev–Trinajstić information content (AvgIpc) is 2.92. The molecule has 0 saturated carbocycles. The zero-order valence-corrected chi connectivity index (χ0v) is 11.0. The Labute approximate surface area is 108 Å². The molecule has 5 heteroatoms. The Kier molecular flexibility index (Phi) is 3.54. The molecule has 3 aliphatic heterocycles. The third kappa shape index (κ3) is 2.27. The number of piperidine rings is 1. The van der Waals surface area contributed by atoms with E-state index in [1.807, 2.05) is 4.90 Å². The summed E-state index contributed by atoms with van der Waals surface area (Å²) in [7, 11) is 2.13. The molecule has 3 fully saturated rings. The van der Waals surface area contributed by atoms with Crippen molar-refractivity contribution in [2.75, 3.05) is 46.5 Å². The maximum atomic E-state index is 12.4. The van der Waals surface area contributed by atoms with Crippen molar-refractivity contribution in [2.24, 2.45) is 5.92 Å². The molecular weight excluding hydrogens is 232 g/mol. The number of nitrogens with zero attached hydrogens (tertiary/aromatic N) is 2. The topological polar surface area (TPSA) is 42.0 Å². The Hall–Kier alpha value is -0.650. The van der Waals surface area contributed by atoms with E-state index in [1.165, 1.54) is 0 Å². The highest BCUT2D eigenvalue weighted by Gasteiger charge is 2.38. The highest BCUT2D eigenvalue weighted by Crippen LogP contribution is 2.24. The summed E-state index contributed by atoms with van der Waals surface area (Å²) in [5.41, 5.74) is 0. The first-order valence-electron chi connectivity index (χ1n) is 6.94. The van der Waals surface area contributed by atoms with Crippen molar-refractivity contribution in [1.29, 1.82) is 0 Å². The molecule has 0 radical (unpaired) electrons. The number of morpholine rings is 1. The van der Waals surface area contributed by atoms with Gasteiger partial charge in [0, 0.05) is 26.2 Å². The van der Waals surface area contributed by atoms with Gasteiger partial charge in [-0.2, -0.15) is 0 Å². The van der Waals surface area contributed by atoms with Crippen LogP contribution in [0.1, 0.15) is 12.8 Å². The number of likely N-dealkylation sites (N-methyl/N-ethyl adjacent to an activating group) is 1. The van der Waals surface area contributed by atoms with Gasteiger partial charge in [-0.15, -0.1) is 0 Å². The first-order valence-corrected chi connectivity index (χ1v) is 6.94. The van der Waals surface area contributed by atoms with Crippen molar-refractivity contribution in [2.45, 2.75) is 25.0 Å². The number of amides is 1. The van der Waals surface area contributed by atoms with E-state index < -0.39 is 0 Å². The van der Waals surface area contributed by atoms with E-state index in [-0.39, 0.29) is 11.8 Å². The lowest BCUT2D eigenvalue weighted by Gasteiger charge is -2.46. The third-order valence-electron chi connectivity index (χ3n) is 4.45. The molecule has 3 atom stereocenters. The van der Waals surface area contributed by atoms with E-state index in [1.54, 1.807) is 0 Å². The van der Waals surface area contributed by atoms with E-state index in [2.05, 4.69) is 11.9 Å². The zero-order chi connectivity index (χ0) is 12.5. The number of hydrogen-bond acceptors (Lipinski definition) is 4. The molecule has 3 saturated heterocycles.